The number of carbonyl (C=O) groups excluding carboxylic acids is 1. The van der Waals surface area contributed by atoms with Crippen molar-refractivity contribution in [2.24, 2.45) is 11.1 Å². The average molecular weight is 286 g/mol. The van der Waals surface area contributed by atoms with Crippen molar-refractivity contribution in [3.63, 3.8) is 0 Å². The molecule has 21 heavy (non-hydrogen) atoms. The Kier molecular flexibility index (Phi) is 3.92. The van der Waals surface area contributed by atoms with Crippen molar-refractivity contribution < 1.29 is 4.79 Å². The van der Waals surface area contributed by atoms with Gasteiger partial charge in [0.2, 0.25) is 5.91 Å². The lowest BCUT2D eigenvalue weighted by Gasteiger charge is -2.35. The van der Waals surface area contributed by atoms with Crippen molar-refractivity contribution in [3.8, 4) is 0 Å². The summed E-state index contributed by atoms with van der Waals surface area (Å²) in [5, 5.41) is 10.9. The van der Waals surface area contributed by atoms with Crippen LogP contribution in [0.3, 0.4) is 0 Å². The van der Waals surface area contributed by atoms with Crippen molar-refractivity contribution in [1.82, 2.24) is 10.2 Å². The fraction of sp³-hybridized carbons (Fsp3) is 0.500. The van der Waals surface area contributed by atoms with E-state index in [1.165, 1.54) is 19.3 Å². The van der Waals surface area contributed by atoms with E-state index in [-0.39, 0.29) is 11.3 Å². The Morgan fingerprint density at radius 2 is 2.14 bits per heavy atom. The molecule has 5 heteroatoms. The van der Waals surface area contributed by atoms with E-state index in [9.17, 15) is 4.79 Å². The van der Waals surface area contributed by atoms with Crippen molar-refractivity contribution in [1.29, 1.82) is 0 Å². The zero-order valence-corrected chi connectivity index (χ0v) is 12.2. The third-order valence-corrected chi connectivity index (χ3v) is 4.61. The molecule has 3 rings (SSSR count). The topological polar surface area (TPSA) is 83.8 Å². The fourth-order valence-corrected chi connectivity index (χ4v) is 3.32. The molecule has 0 saturated heterocycles. The second-order valence-corrected chi connectivity index (χ2v) is 6.16. The van der Waals surface area contributed by atoms with Crippen LogP contribution < -0.4 is 11.1 Å². The number of aromatic amines is 1. The van der Waals surface area contributed by atoms with Gasteiger partial charge in [0, 0.05) is 17.5 Å². The predicted octanol–water partition coefficient (Wildman–Crippen LogP) is 2.80. The van der Waals surface area contributed by atoms with Gasteiger partial charge in [0.1, 0.15) is 0 Å². The molecule has 1 saturated carbocycles. The number of hydrogen-bond acceptors (Lipinski definition) is 3. The highest BCUT2D eigenvalue weighted by Gasteiger charge is 2.32. The molecule has 1 aliphatic rings. The summed E-state index contributed by atoms with van der Waals surface area (Å²) in [5.74, 6) is 0.0604. The quantitative estimate of drug-likeness (QED) is 0.808. The van der Waals surface area contributed by atoms with Crippen LogP contribution in [0, 0.1) is 5.41 Å². The summed E-state index contributed by atoms with van der Waals surface area (Å²) in [6.45, 7) is 0.598. The van der Waals surface area contributed by atoms with Crippen LogP contribution in [-0.2, 0) is 4.79 Å². The van der Waals surface area contributed by atoms with E-state index in [1.807, 2.05) is 18.2 Å². The smallest absolute Gasteiger partial charge is 0.224 e. The van der Waals surface area contributed by atoms with E-state index in [4.69, 9.17) is 5.73 Å². The summed E-state index contributed by atoms with van der Waals surface area (Å²) in [4.78, 5) is 12.3. The molecule has 1 aliphatic carbocycles. The van der Waals surface area contributed by atoms with Gasteiger partial charge in [0.25, 0.3) is 0 Å². The monoisotopic (exact) mass is 286 g/mol. The molecular weight excluding hydrogens is 264 g/mol. The first-order chi connectivity index (χ1) is 10.2. The Morgan fingerprint density at radius 3 is 2.90 bits per heavy atom. The molecule has 1 heterocycles. The first kappa shape index (κ1) is 14.1. The van der Waals surface area contributed by atoms with Crippen LogP contribution in [0.25, 0.3) is 10.9 Å². The van der Waals surface area contributed by atoms with E-state index in [2.05, 4.69) is 15.5 Å². The molecule has 0 aliphatic heterocycles. The van der Waals surface area contributed by atoms with Gasteiger partial charge in [-0.1, -0.05) is 19.3 Å². The van der Waals surface area contributed by atoms with Crippen LogP contribution in [0.2, 0.25) is 0 Å². The molecule has 1 aromatic carbocycles. The Labute approximate surface area is 124 Å². The second kappa shape index (κ2) is 5.85. The molecule has 0 bridgehead atoms. The van der Waals surface area contributed by atoms with E-state index >= 15 is 0 Å². The van der Waals surface area contributed by atoms with Gasteiger partial charge < -0.3 is 11.1 Å². The number of nitrogens with zero attached hydrogens (tertiary/aromatic N) is 1. The summed E-state index contributed by atoms with van der Waals surface area (Å²) in [6.07, 6.45) is 8.05. The minimum absolute atomic E-state index is 0.00206. The highest BCUT2D eigenvalue weighted by molar-refractivity contribution is 5.93. The second-order valence-electron chi connectivity index (χ2n) is 6.16. The minimum Gasteiger partial charge on any atom is -0.330 e. The van der Waals surface area contributed by atoms with E-state index < -0.39 is 0 Å². The normalized spacial score (nSPS) is 17.8. The molecule has 4 N–H and O–H groups in total. The summed E-state index contributed by atoms with van der Waals surface area (Å²) >= 11 is 0. The average Bonchev–Trinajstić information content (AvgIpc) is 2.95. The van der Waals surface area contributed by atoms with Gasteiger partial charge in [0.15, 0.2) is 0 Å². The van der Waals surface area contributed by atoms with Gasteiger partial charge in [0.05, 0.1) is 11.7 Å². The lowest BCUT2D eigenvalue weighted by Crippen LogP contribution is -2.36. The van der Waals surface area contributed by atoms with Crippen LogP contribution in [0.1, 0.15) is 38.5 Å². The van der Waals surface area contributed by atoms with Crippen molar-refractivity contribution >= 4 is 22.5 Å². The minimum atomic E-state index is 0.00206. The third kappa shape index (κ3) is 3.08. The van der Waals surface area contributed by atoms with Gasteiger partial charge in [-0.3, -0.25) is 9.89 Å². The van der Waals surface area contributed by atoms with Gasteiger partial charge >= 0.3 is 0 Å². The molecular formula is C16H22N4O. The fourth-order valence-electron chi connectivity index (χ4n) is 3.32. The molecule has 0 unspecified atom stereocenters. The Hall–Kier alpha value is -1.88. The zero-order valence-electron chi connectivity index (χ0n) is 12.2. The number of aromatic nitrogens is 2. The maximum atomic E-state index is 12.3. The number of benzene rings is 1. The number of anilines is 1. The van der Waals surface area contributed by atoms with Crippen molar-refractivity contribution in [3.05, 3.63) is 24.4 Å². The van der Waals surface area contributed by atoms with Crippen LogP contribution in [0.5, 0.6) is 0 Å². The molecule has 0 atom stereocenters. The first-order valence-electron chi connectivity index (χ1n) is 7.64. The van der Waals surface area contributed by atoms with Crippen molar-refractivity contribution in [2.75, 3.05) is 11.9 Å². The molecule has 2 aromatic rings. The molecule has 0 radical (unpaired) electrons. The number of H-pyrrole nitrogens is 1. The van der Waals surface area contributed by atoms with E-state index in [1.54, 1.807) is 6.20 Å². The first-order valence-corrected chi connectivity index (χ1v) is 7.64. The highest BCUT2D eigenvalue weighted by atomic mass is 16.1. The highest BCUT2D eigenvalue weighted by Crippen LogP contribution is 2.38. The molecule has 112 valence electrons. The van der Waals surface area contributed by atoms with Crippen LogP contribution in [0.15, 0.2) is 24.4 Å². The zero-order chi connectivity index (χ0) is 14.7. The maximum absolute atomic E-state index is 12.3. The predicted molar refractivity (Wildman–Crippen MR) is 83.9 cm³/mol. The Balaban J connectivity index is 1.67. The third-order valence-electron chi connectivity index (χ3n) is 4.61. The van der Waals surface area contributed by atoms with E-state index in [0.29, 0.717) is 13.0 Å². The van der Waals surface area contributed by atoms with Crippen LogP contribution in [-0.4, -0.2) is 22.6 Å². The van der Waals surface area contributed by atoms with Gasteiger partial charge in [-0.2, -0.15) is 5.10 Å². The maximum Gasteiger partial charge on any atom is 0.224 e. The summed E-state index contributed by atoms with van der Waals surface area (Å²) in [6, 6.07) is 5.76. The van der Waals surface area contributed by atoms with Crippen LogP contribution in [0.4, 0.5) is 5.69 Å². The number of nitrogens with one attached hydrogen (secondary N) is 2. The summed E-state index contributed by atoms with van der Waals surface area (Å²) < 4.78 is 0. The molecule has 5 nitrogen and oxygen atoms in total. The van der Waals surface area contributed by atoms with Crippen LogP contribution >= 0.6 is 0 Å². The summed E-state index contributed by atoms with van der Waals surface area (Å²) in [7, 11) is 0. The molecule has 1 fully saturated rings. The van der Waals surface area contributed by atoms with Gasteiger partial charge in [-0.05, 0) is 43.0 Å². The number of fused-ring (bicyclic) bond motifs is 1. The number of nitrogens with two attached hydrogens (primary N) is 1. The lowest BCUT2D eigenvalue weighted by atomic mass is 9.71. The Morgan fingerprint density at radius 1 is 1.33 bits per heavy atom. The number of hydrogen-bond donors (Lipinski definition) is 3. The number of amides is 1. The summed E-state index contributed by atoms with van der Waals surface area (Å²) in [5.41, 5.74) is 7.74. The Bertz CT molecular complexity index is 628. The SMILES string of the molecule is NCC1(CC(=O)Nc2ccc3[nH]ncc3c2)CCCCC1. The molecule has 1 aromatic heterocycles. The van der Waals surface area contributed by atoms with Gasteiger partial charge in [-0.15, -0.1) is 0 Å². The lowest BCUT2D eigenvalue weighted by molar-refractivity contribution is -0.118. The number of carbonyl (C=O) groups is 1. The number of rotatable bonds is 4. The molecule has 0 spiro atoms. The largest absolute Gasteiger partial charge is 0.330 e. The van der Waals surface area contributed by atoms with E-state index in [0.717, 1.165) is 29.4 Å². The standard InChI is InChI=1S/C16H22N4O/c17-11-16(6-2-1-3-7-16)9-15(21)19-13-4-5-14-12(8-13)10-18-20-14/h4-5,8,10H,1-3,6-7,9,11,17H2,(H,18,20)(H,19,21). The molecule has 1 amide bonds. The van der Waals surface area contributed by atoms with Gasteiger partial charge in [-0.25, -0.2) is 0 Å². The van der Waals surface area contributed by atoms with Crippen molar-refractivity contribution in [2.45, 2.75) is 38.5 Å².